The molecule has 1 atom stereocenters. The van der Waals surface area contributed by atoms with E-state index in [4.69, 9.17) is 10.4 Å². The molecule has 0 aromatic carbocycles. The van der Waals surface area contributed by atoms with Gasteiger partial charge in [-0.25, -0.2) is 0 Å². The summed E-state index contributed by atoms with van der Waals surface area (Å²) in [4.78, 5) is 12.4. The minimum Gasteiger partial charge on any atom is -0.396 e. The van der Waals surface area contributed by atoms with Crippen molar-refractivity contribution in [1.29, 1.82) is 5.26 Å². The molecular weight excluding hydrogens is 248 g/mol. The number of nitrogens with zero attached hydrogens (tertiary/aromatic N) is 1. The standard InChI is InChI=1S/C13H18N2O2S/c1-2-3-10(4-6-16)9-15-13(17)12-11(8-14)5-7-18-12/h5,7,10,16H,2-4,6,9H2,1H3,(H,15,17). The van der Waals surface area contributed by atoms with Crippen LogP contribution in [-0.4, -0.2) is 24.2 Å². The van der Waals surface area contributed by atoms with Crippen LogP contribution in [0.3, 0.4) is 0 Å². The lowest BCUT2D eigenvalue weighted by molar-refractivity contribution is 0.0946. The van der Waals surface area contributed by atoms with Crippen molar-refractivity contribution in [2.24, 2.45) is 5.92 Å². The van der Waals surface area contributed by atoms with Crippen molar-refractivity contribution in [3.05, 3.63) is 21.9 Å². The SMILES string of the molecule is CCCC(CCO)CNC(=O)c1sccc1C#N. The largest absolute Gasteiger partial charge is 0.396 e. The number of rotatable bonds is 7. The van der Waals surface area contributed by atoms with Crippen LogP contribution in [0.1, 0.15) is 41.4 Å². The molecule has 4 nitrogen and oxygen atoms in total. The van der Waals surface area contributed by atoms with E-state index >= 15 is 0 Å². The topological polar surface area (TPSA) is 73.1 Å². The third-order valence-electron chi connectivity index (χ3n) is 2.78. The molecule has 5 heteroatoms. The predicted molar refractivity (Wildman–Crippen MR) is 71.5 cm³/mol. The van der Waals surface area contributed by atoms with E-state index in [9.17, 15) is 4.79 Å². The van der Waals surface area contributed by atoms with Gasteiger partial charge in [-0.15, -0.1) is 11.3 Å². The molecule has 0 fully saturated rings. The lowest BCUT2D eigenvalue weighted by Crippen LogP contribution is -2.29. The maximum absolute atomic E-state index is 11.9. The fourth-order valence-electron chi connectivity index (χ4n) is 1.83. The molecule has 0 aliphatic rings. The molecule has 0 aliphatic carbocycles. The van der Waals surface area contributed by atoms with Gasteiger partial charge in [-0.05, 0) is 30.2 Å². The summed E-state index contributed by atoms with van der Waals surface area (Å²) in [5.74, 6) is 0.107. The van der Waals surface area contributed by atoms with Gasteiger partial charge in [0.1, 0.15) is 10.9 Å². The number of carbonyl (C=O) groups is 1. The van der Waals surface area contributed by atoms with Crippen molar-refractivity contribution >= 4 is 17.2 Å². The smallest absolute Gasteiger partial charge is 0.262 e. The number of hydrogen-bond donors (Lipinski definition) is 2. The minimum absolute atomic E-state index is 0.142. The Hall–Kier alpha value is -1.38. The molecule has 0 saturated heterocycles. The van der Waals surface area contributed by atoms with Gasteiger partial charge in [0.15, 0.2) is 0 Å². The first-order valence-electron chi connectivity index (χ1n) is 6.09. The third-order valence-corrected chi connectivity index (χ3v) is 3.69. The van der Waals surface area contributed by atoms with Crippen LogP contribution in [0.4, 0.5) is 0 Å². The van der Waals surface area contributed by atoms with Crippen LogP contribution in [0.25, 0.3) is 0 Å². The summed E-state index contributed by atoms with van der Waals surface area (Å²) in [5, 5.41) is 22.4. The third kappa shape index (κ3) is 4.13. The number of thiophene rings is 1. The van der Waals surface area contributed by atoms with E-state index in [1.54, 1.807) is 11.4 Å². The average molecular weight is 266 g/mol. The zero-order valence-corrected chi connectivity index (χ0v) is 11.3. The van der Waals surface area contributed by atoms with E-state index < -0.39 is 0 Å². The van der Waals surface area contributed by atoms with Crippen LogP contribution in [0.15, 0.2) is 11.4 Å². The Balaban J connectivity index is 2.52. The van der Waals surface area contributed by atoms with Gasteiger partial charge in [-0.1, -0.05) is 13.3 Å². The fraction of sp³-hybridized carbons (Fsp3) is 0.538. The number of hydrogen-bond acceptors (Lipinski definition) is 4. The Morgan fingerprint density at radius 2 is 2.39 bits per heavy atom. The number of carbonyl (C=O) groups excluding carboxylic acids is 1. The second kappa shape index (κ2) is 7.85. The normalized spacial score (nSPS) is 11.8. The van der Waals surface area contributed by atoms with Gasteiger partial charge in [-0.3, -0.25) is 4.79 Å². The molecule has 1 unspecified atom stereocenters. The second-order valence-corrected chi connectivity index (χ2v) is 5.07. The molecule has 1 heterocycles. The van der Waals surface area contributed by atoms with Crippen molar-refractivity contribution in [1.82, 2.24) is 5.32 Å². The van der Waals surface area contributed by atoms with Crippen LogP contribution >= 0.6 is 11.3 Å². The monoisotopic (exact) mass is 266 g/mol. The molecule has 0 bridgehead atoms. The summed E-state index contributed by atoms with van der Waals surface area (Å²) in [5.41, 5.74) is 0.423. The van der Waals surface area contributed by atoms with Crippen LogP contribution in [-0.2, 0) is 0 Å². The van der Waals surface area contributed by atoms with Crippen molar-refractivity contribution in [3.8, 4) is 6.07 Å². The van der Waals surface area contributed by atoms with Gasteiger partial charge in [0, 0.05) is 13.2 Å². The Kier molecular flexibility index (Phi) is 6.40. The van der Waals surface area contributed by atoms with E-state index in [1.165, 1.54) is 11.3 Å². The highest BCUT2D eigenvalue weighted by atomic mass is 32.1. The zero-order chi connectivity index (χ0) is 13.4. The van der Waals surface area contributed by atoms with E-state index in [2.05, 4.69) is 12.2 Å². The Morgan fingerprint density at radius 1 is 1.61 bits per heavy atom. The molecule has 1 aromatic heterocycles. The molecule has 2 N–H and O–H groups in total. The second-order valence-electron chi connectivity index (χ2n) is 4.15. The number of amides is 1. The highest BCUT2D eigenvalue weighted by Crippen LogP contribution is 2.16. The number of aliphatic hydroxyl groups excluding tert-OH is 1. The van der Waals surface area contributed by atoms with Gasteiger partial charge in [0.2, 0.25) is 0 Å². The maximum atomic E-state index is 11.9. The van der Waals surface area contributed by atoms with E-state index in [1.807, 2.05) is 6.07 Å². The summed E-state index contributed by atoms with van der Waals surface area (Å²) in [6, 6.07) is 3.65. The number of nitriles is 1. The van der Waals surface area contributed by atoms with Crippen molar-refractivity contribution < 1.29 is 9.90 Å². The van der Waals surface area contributed by atoms with Crippen LogP contribution < -0.4 is 5.32 Å². The summed E-state index contributed by atoms with van der Waals surface area (Å²) < 4.78 is 0. The molecule has 98 valence electrons. The van der Waals surface area contributed by atoms with Crippen LogP contribution in [0.2, 0.25) is 0 Å². The Labute approximate surface area is 111 Å². The molecular formula is C13H18N2O2S. The first kappa shape index (κ1) is 14.7. The molecule has 1 rings (SSSR count). The molecule has 0 spiro atoms. The van der Waals surface area contributed by atoms with E-state index in [-0.39, 0.29) is 12.5 Å². The van der Waals surface area contributed by atoms with E-state index in [0.717, 1.165) is 12.8 Å². The molecule has 0 saturated carbocycles. The van der Waals surface area contributed by atoms with Crippen molar-refractivity contribution in [2.45, 2.75) is 26.2 Å². The van der Waals surface area contributed by atoms with Gasteiger partial charge in [0.25, 0.3) is 5.91 Å². The molecule has 0 aliphatic heterocycles. The predicted octanol–water partition coefficient (Wildman–Crippen LogP) is 2.15. The van der Waals surface area contributed by atoms with Crippen molar-refractivity contribution in [2.75, 3.05) is 13.2 Å². The quantitative estimate of drug-likeness (QED) is 0.794. The fourth-order valence-corrected chi connectivity index (χ4v) is 2.59. The number of aliphatic hydroxyl groups is 1. The lowest BCUT2D eigenvalue weighted by atomic mass is 10.0. The molecule has 1 amide bonds. The van der Waals surface area contributed by atoms with Crippen molar-refractivity contribution in [3.63, 3.8) is 0 Å². The molecule has 18 heavy (non-hydrogen) atoms. The maximum Gasteiger partial charge on any atom is 0.262 e. The highest BCUT2D eigenvalue weighted by Gasteiger charge is 2.14. The highest BCUT2D eigenvalue weighted by molar-refractivity contribution is 7.12. The number of nitrogens with one attached hydrogen (secondary N) is 1. The summed E-state index contributed by atoms with van der Waals surface area (Å²) in [6.07, 6.45) is 2.71. The minimum atomic E-state index is -0.194. The van der Waals surface area contributed by atoms with Gasteiger partial charge in [0.05, 0.1) is 5.56 Å². The lowest BCUT2D eigenvalue weighted by Gasteiger charge is -2.15. The average Bonchev–Trinajstić information content (AvgIpc) is 2.84. The van der Waals surface area contributed by atoms with Gasteiger partial charge < -0.3 is 10.4 Å². The summed E-state index contributed by atoms with van der Waals surface area (Å²) >= 11 is 1.28. The van der Waals surface area contributed by atoms with Crippen LogP contribution in [0.5, 0.6) is 0 Å². The first-order valence-corrected chi connectivity index (χ1v) is 6.97. The summed E-state index contributed by atoms with van der Waals surface area (Å²) in [6.45, 7) is 2.78. The zero-order valence-electron chi connectivity index (χ0n) is 10.5. The molecule has 1 aromatic rings. The summed E-state index contributed by atoms with van der Waals surface area (Å²) in [7, 11) is 0. The molecule has 0 radical (unpaired) electrons. The first-order chi connectivity index (χ1) is 8.72. The van der Waals surface area contributed by atoms with Crippen LogP contribution in [0, 0.1) is 17.2 Å². The Bertz CT molecular complexity index is 417. The van der Waals surface area contributed by atoms with Gasteiger partial charge >= 0.3 is 0 Å². The van der Waals surface area contributed by atoms with Gasteiger partial charge in [-0.2, -0.15) is 5.26 Å². The van der Waals surface area contributed by atoms with E-state index in [0.29, 0.717) is 29.3 Å². The Morgan fingerprint density at radius 3 is 3.00 bits per heavy atom.